The Morgan fingerprint density at radius 1 is 1.28 bits per heavy atom. The molecule has 1 amide bonds. The lowest BCUT2D eigenvalue weighted by atomic mass is 10.2. The van der Waals surface area contributed by atoms with Crippen LogP contribution in [0.25, 0.3) is 0 Å². The van der Waals surface area contributed by atoms with Crippen molar-refractivity contribution >= 4 is 29.2 Å². The van der Waals surface area contributed by atoms with E-state index < -0.39 is 11.8 Å². The van der Waals surface area contributed by atoms with Gasteiger partial charge >= 0.3 is 5.97 Å². The van der Waals surface area contributed by atoms with Gasteiger partial charge in [0.15, 0.2) is 0 Å². The molecule has 0 aliphatic heterocycles. The minimum atomic E-state index is -0.886. The van der Waals surface area contributed by atoms with E-state index in [1.807, 2.05) is 0 Å². The molecule has 0 bridgehead atoms. The highest BCUT2D eigenvalue weighted by Gasteiger charge is 2.07. The van der Waals surface area contributed by atoms with Crippen LogP contribution in [0.1, 0.15) is 25.7 Å². The van der Waals surface area contributed by atoms with Crippen LogP contribution in [0.4, 0.5) is 10.1 Å². The third-order valence-electron chi connectivity index (χ3n) is 2.25. The molecule has 0 atom stereocenters. The number of halogens is 2. The number of carbonyl (C=O) groups excluding carboxylic acids is 1. The van der Waals surface area contributed by atoms with Gasteiger partial charge in [-0.25, -0.2) is 4.39 Å². The van der Waals surface area contributed by atoms with Gasteiger partial charge in [0.1, 0.15) is 5.82 Å². The first-order chi connectivity index (χ1) is 8.49. The molecule has 2 N–H and O–H groups in total. The highest BCUT2D eigenvalue weighted by molar-refractivity contribution is 6.33. The van der Waals surface area contributed by atoms with Gasteiger partial charge < -0.3 is 10.4 Å². The Morgan fingerprint density at radius 3 is 2.61 bits per heavy atom. The smallest absolute Gasteiger partial charge is 0.303 e. The van der Waals surface area contributed by atoms with E-state index in [-0.39, 0.29) is 29.5 Å². The number of rotatable bonds is 6. The standard InChI is InChI=1S/C12H13ClFNO3/c13-9-6-5-8(14)7-10(9)15-11(16)3-1-2-4-12(17)18/h5-7H,1-4H2,(H,15,16)(H,17,18). The summed E-state index contributed by atoms with van der Waals surface area (Å²) in [6.07, 6.45) is 1.11. The van der Waals surface area contributed by atoms with Gasteiger partial charge in [-0.15, -0.1) is 0 Å². The lowest BCUT2D eigenvalue weighted by Gasteiger charge is -2.06. The lowest BCUT2D eigenvalue weighted by Crippen LogP contribution is -2.11. The van der Waals surface area contributed by atoms with Crippen LogP contribution in [0.3, 0.4) is 0 Å². The van der Waals surface area contributed by atoms with Gasteiger partial charge in [-0.3, -0.25) is 9.59 Å². The molecule has 0 aromatic heterocycles. The summed E-state index contributed by atoms with van der Waals surface area (Å²) in [5, 5.41) is 11.2. The monoisotopic (exact) mass is 273 g/mol. The Balaban J connectivity index is 2.40. The van der Waals surface area contributed by atoms with Gasteiger partial charge in [0.05, 0.1) is 10.7 Å². The fourth-order valence-corrected chi connectivity index (χ4v) is 1.53. The topological polar surface area (TPSA) is 66.4 Å². The van der Waals surface area contributed by atoms with Crippen LogP contribution in [-0.4, -0.2) is 17.0 Å². The molecule has 1 aromatic rings. The second kappa shape index (κ2) is 6.96. The maximum Gasteiger partial charge on any atom is 0.303 e. The van der Waals surface area contributed by atoms with Crippen molar-refractivity contribution < 1.29 is 19.1 Å². The van der Waals surface area contributed by atoms with Gasteiger partial charge in [-0.2, -0.15) is 0 Å². The third-order valence-corrected chi connectivity index (χ3v) is 2.58. The Morgan fingerprint density at radius 2 is 1.94 bits per heavy atom. The average Bonchev–Trinajstić information content (AvgIpc) is 2.29. The van der Waals surface area contributed by atoms with E-state index in [1.54, 1.807) is 0 Å². The van der Waals surface area contributed by atoms with E-state index in [0.29, 0.717) is 12.8 Å². The van der Waals surface area contributed by atoms with Crippen molar-refractivity contribution in [2.24, 2.45) is 0 Å². The zero-order valence-electron chi connectivity index (χ0n) is 9.58. The van der Waals surface area contributed by atoms with Gasteiger partial charge in [0, 0.05) is 12.8 Å². The zero-order chi connectivity index (χ0) is 13.5. The number of carboxylic acid groups (broad SMARTS) is 1. The van der Waals surface area contributed by atoms with Crippen LogP contribution in [0.15, 0.2) is 18.2 Å². The molecule has 0 fully saturated rings. The fourth-order valence-electron chi connectivity index (χ4n) is 1.37. The largest absolute Gasteiger partial charge is 0.481 e. The second-order valence-electron chi connectivity index (χ2n) is 3.77. The first-order valence-corrected chi connectivity index (χ1v) is 5.83. The molecule has 4 nitrogen and oxygen atoms in total. The number of amides is 1. The average molecular weight is 274 g/mol. The number of hydrogen-bond donors (Lipinski definition) is 2. The Hall–Kier alpha value is -1.62. The molecule has 6 heteroatoms. The summed E-state index contributed by atoms with van der Waals surface area (Å²) >= 11 is 5.78. The number of aliphatic carboxylic acids is 1. The summed E-state index contributed by atoms with van der Waals surface area (Å²) in [5.41, 5.74) is 0.222. The molecule has 0 unspecified atom stereocenters. The van der Waals surface area contributed by atoms with Crippen LogP contribution in [0.2, 0.25) is 5.02 Å². The van der Waals surface area contributed by atoms with Crippen molar-refractivity contribution in [2.45, 2.75) is 25.7 Å². The number of benzene rings is 1. The summed E-state index contributed by atoms with van der Waals surface area (Å²) in [7, 11) is 0. The summed E-state index contributed by atoms with van der Waals surface area (Å²) < 4.78 is 12.9. The van der Waals surface area contributed by atoms with Crippen LogP contribution in [-0.2, 0) is 9.59 Å². The van der Waals surface area contributed by atoms with E-state index >= 15 is 0 Å². The molecular formula is C12H13ClFNO3. The van der Waals surface area contributed by atoms with E-state index in [9.17, 15) is 14.0 Å². The molecule has 18 heavy (non-hydrogen) atoms. The van der Waals surface area contributed by atoms with Crippen LogP contribution >= 0.6 is 11.6 Å². The van der Waals surface area contributed by atoms with E-state index in [1.165, 1.54) is 12.1 Å². The van der Waals surface area contributed by atoms with Crippen molar-refractivity contribution in [1.29, 1.82) is 0 Å². The number of unbranched alkanes of at least 4 members (excludes halogenated alkanes) is 1. The van der Waals surface area contributed by atoms with Gasteiger partial charge in [0.2, 0.25) is 5.91 Å². The van der Waals surface area contributed by atoms with Gasteiger partial charge in [0.25, 0.3) is 0 Å². The summed E-state index contributed by atoms with van der Waals surface area (Å²) in [4.78, 5) is 21.7. The Bertz CT molecular complexity index is 451. The van der Waals surface area contributed by atoms with Crippen LogP contribution in [0.5, 0.6) is 0 Å². The summed E-state index contributed by atoms with van der Waals surface area (Å²) in [6.45, 7) is 0. The molecule has 0 heterocycles. The maximum absolute atomic E-state index is 12.9. The quantitative estimate of drug-likeness (QED) is 0.783. The molecular weight excluding hydrogens is 261 g/mol. The number of hydrogen-bond acceptors (Lipinski definition) is 2. The molecule has 0 saturated heterocycles. The van der Waals surface area contributed by atoms with Gasteiger partial charge in [-0.05, 0) is 31.0 Å². The van der Waals surface area contributed by atoms with Crippen molar-refractivity contribution in [3.8, 4) is 0 Å². The molecule has 0 aliphatic rings. The number of carbonyl (C=O) groups is 2. The summed E-state index contributed by atoms with van der Waals surface area (Å²) in [6, 6.07) is 3.69. The molecule has 0 spiro atoms. The molecule has 0 aliphatic carbocycles. The number of nitrogens with one attached hydrogen (secondary N) is 1. The Kier molecular flexibility index (Phi) is 5.58. The SMILES string of the molecule is O=C(O)CCCCC(=O)Nc1cc(F)ccc1Cl. The molecule has 0 saturated carbocycles. The predicted molar refractivity (Wildman–Crippen MR) is 66.1 cm³/mol. The fraction of sp³-hybridized carbons (Fsp3) is 0.333. The van der Waals surface area contributed by atoms with Crippen molar-refractivity contribution in [3.63, 3.8) is 0 Å². The van der Waals surface area contributed by atoms with E-state index in [2.05, 4.69) is 5.32 Å². The molecule has 98 valence electrons. The maximum atomic E-state index is 12.9. The minimum absolute atomic E-state index is 0.0357. The molecule has 1 rings (SSSR count). The van der Waals surface area contributed by atoms with Crippen molar-refractivity contribution in [1.82, 2.24) is 0 Å². The van der Waals surface area contributed by atoms with Crippen LogP contribution in [0, 0.1) is 5.82 Å². The van der Waals surface area contributed by atoms with E-state index in [4.69, 9.17) is 16.7 Å². The zero-order valence-corrected chi connectivity index (χ0v) is 10.3. The lowest BCUT2D eigenvalue weighted by molar-refractivity contribution is -0.137. The van der Waals surface area contributed by atoms with Crippen molar-refractivity contribution in [2.75, 3.05) is 5.32 Å². The predicted octanol–water partition coefficient (Wildman–Crippen LogP) is 3.06. The third kappa shape index (κ3) is 5.14. The first-order valence-electron chi connectivity index (χ1n) is 5.45. The molecule has 0 radical (unpaired) electrons. The van der Waals surface area contributed by atoms with Crippen molar-refractivity contribution in [3.05, 3.63) is 29.0 Å². The second-order valence-corrected chi connectivity index (χ2v) is 4.18. The highest BCUT2D eigenvalue weighted by Crippen LogP contribution is 2.22. The van der Waals surface area contributed by atoms with Gasteiger partial charge in [-0.1, -0.05) is 11.6 Å². The first kappa shape index (κ1) is 14.4. The minimum Gasteiger partial charge on any atom is -0.481 e. The molecule has 1 aromatic carbocycles. The Labute approximate surface area is 109 Å². The van der Waals surface area contributed by atoms with E-state index in [0.717, 1.165) is 6.07 Å². The number of carboxylic acids is 1. The number of anilines is 1. The normalized spacial score (nSPS) is 10.1. The summed E-state index contributed by atoms with van der Waals surface area (Å²) in [5.74, 6) is -1.68. The van der Waals surface area contributed by atoms with Crippen LogP contribution < -0.4 is 5.32 Å². The highest BCUT2D eigenvalue weighted by atomic mass is 35.5.